The van der Waals surface area contributed by atoms with E-state index in [4.69, 9.17) is 9.84 Å². The number of hydrogen-bond donors (Lipinski definition) is 2. The number of pyridine rings is 1. The van der Waals surface area contributed by atoms with Gasteiger partial charge in [0.2, 0.25) is 0 Å². The Bertz CT molecular complexity index is 1080. The summed E-state index contributed by atoms with van der Waals surface area (Å²) in [7, 11) is 0. The second-order valence-corrected chi connectivity index (χ2v) is 6.85. The molecule has 1 aliphatic rings. The lowest BCUT2D eigenvalue weighted by atomic mass is 9.98. The van der Waals surface area contributed by atoms with Gasteiger partial charge < -0.3 is 15.2 Å². The molecule has 6 heteroatoms. The average Bonchev–Trinajstić information content (AvgIpc) is 3.09. The average molecular weight is 400 g/mol. The van der Waals surface area contributed by atoms with Crippen LogP contribution >= 0.6 is 0 Å². The number of amides is 1. The molecule has 1 aliphatic carbocycles. The van der Waals surface area contributed by atoms with Crippen LogP contribution in [-0.4, -0.2) is 35.3 Å². The molecule has 0 aliphatic heterocycles. The number of rotatable bonds is 6. The van der Waals surface area contributed by atoms with Gasteiger partial charge in [-0.1, -0.05) is 54.6 Å². The minimum Gasteiger partial charge on any atom is -0.478 e. The number of nitrogens with zero attached hydrogens (tertiary/aromatic N) is 1. The molecule has 150 valence electrons. The third-order valence-electron chi connectivity index (χ3n) is 5.05. The van der Waals surface area contributed by atoms with Gasteiger partial charge in [-0.05, 0) is 40.5 Å². The van der Waals surface area contributed by atoms with Gasteiger partial charge >= 0.3 is 12.1 Å². The monoisotopic (exact) mass is 400 g/mol. The molecule has 0 saturated carbocycles. The van der Waals surface area contributed by atoms with Crippen LogP contribution in [0.4, 0.5) is 4.79 Å². The molecule has 1 amide bonds. The summed E-state index contributed by atoms with van der Waals surface area (Å²) in [6.07, 6.45) is 4.19. The van der Waals surface area contributed by atoms with E-state index in [1.807, 2.05) is 24.3 Å². The van der Waals surface area contributed by atoms with Crippen molar-refractivity contribution >= 4 is 18.1 Å². The van der Waals surface area contributed by atoms with Crippen molar-refractivity contribution in [1.82, 2.24) is 10.3 Å². The normalized spacial score (nSPS) is 12.4. The number of carbonyl (C=O) groups excluding carboxylic acids is 1. The highest BCUT2D eigenvalue weighted by molar-refractivity contribution is 5.91. The Morgan fingerprint density at radius 3 is 2.33 bits per heavy atom. The van der Waals surface area contributed by atoms with E-state index >= 15 is 0 Å². The Kier molecular flexibility index (Phi) is 5.57. The van der Waals surface area contributed by atoms with Crippen molar-refractivity contribution in [2.75, 3.05) is 13.2 Å². The van der Waals surface area contributed by atoms with Gasteiger partial charge in [0, 0.05) is 18.7 Å². The molecule has 1 heterocycles. The fraction of sp³-hybridized carbons (Fsp3) is 0.125. The Hall–Kier alpha value is -3.93. The second kappa shape index (κ2) is 8.61. The lowest BCUT2D eigenvalue weighted by molar-refractivity contribution is 0.0696. The summed E-state index contributed by atoms with van der Waals surface area (Å²) in [6.45, 7) is 0.444. The molecule has 30 heavy (non-hydrogen) atoms. The molecule has 0 fully saturated rings. The summed E-state index contributed by atoms with van der Waals surface area (Å²) < 4.78 is 5.46. The Labute approximate surface area is 173 Å². The van der Waals surface area contributed by atoms with E-state index in [2.05, 4.69) is 34.6 Å². The number of benzene rings is 2. The summed E-state index contributed by atoms with van der Waals surface area (Å²) >= 11 is 0. The highest BCUT2D eigenvalue weighted by atomic mass is 16.5. The van der Waals surface area contributed by atoms with Gasteiger partial charge in [-0.2, -0.15) is 0 Å². The zero-order chi connectivity index (χ0) is 20.9. The zero-order valence-electron chi connectivity index (χ0n) is 16.1. The van der Waals surface area contributed by atoms with Gasteiger partial charge in [0.25, 0.3) is 0 Å². The summed E-state index contributed by atoms with van der Waals surface area (Å²) in [6, 6.07) is 19.4. The molecule has 3 aromatic rings. The van der Waals surface area contributed by atoms with Crippen LogP contribution in [0.1, 0.15) is 33.1 Å². The summed E-state index contributed by atoms with van der Waals surface area (Å²) in [5.41, 5.74) is 5.10. The number of carboxylic acid groups (broad SMARTS) is 1. The molecule has 0 radical (unpaired) electrons. The third kappa shape index (κ3) is 3.93. The highest BCUT2D eigenvalue weighted by Crippen LogP contribution is 2.44. The quantitative estimate of drug-likeness (QED) is 0.643. The van der Waals surface area contributed by atoms with Crippen molar-refractivity contribution in [3.8, 4) is 11.1 Å². The molecule has 2 aromatic carbocycles. The van der Waals surface area contributed by atoms with Crippen LogP contribution in [0.2, 0.25) is 0 Å². The number of alkyl carbamates (subject to hydrolysis) is 1. The predicted octanol–water partition coefficient (Wildman–Crippen LogP) is 4.33. The van der Waals surface area contributed by atoms with E-state index in [9.17, 15) is 9.59 Å². The minimum absolute atomic E-state index is 0.00494. The Morgan fingerprint density at radius 2 is 1.67 bits per heavy atom. The van der Waals surface area contributed by atoms with E-state index in [0.29, 0.717) is 5.69 Å². The fourth-order valence-electron chi connectivity index (χ4n) is 3.69. The minimum atomic E-state index is -1.05. The van der Waals surface area contributed by atoms with E-state index in [1.54, 1.807) is 18.2 Å². The van der Waals surface area contributed by atoms with Crippen LogP contribution < -0.4 is 5.32 Å². The maximum Gasteiger partial charge on any atom is 0.407 e. The van der Waals surface area contributed by atoms with E-state index in [1.165, 1.54) is 23.4 Å². The number of hydrogen-bond acceptors (Lipinski definition) is 4. The SMILES string of the molecule is O=C(NCC=Cc1ncccc1C(=O)O)OCC1c2ccccc2-c2ccccc21. The van der Waals surface area contributed by atoms with Crippen molar-refractivity contribution in [2.24, 2.45) is 0 Å². The van der Waals surface area contributed by atoms with E-state index in [-0.39, 0.29) is 24.6 Å². The van der Waals surface area contributed by atoms with Crippen LogP contribution in [0.25, 0.3) is 17.2 Å². The molecule has 0 atom stereocenters. The maximum atomic E-state index is 12.1. The second-order valence-electron chi connectivity index (χ2n) is 6.85. The molecular weight excluding hydrogens is 380 g/mol. The van der Waals surface area contributed by atoms with Gasteiger partial charge in [0.1, 0.15) is 6.61 Å². The van der Waals surface area contributed by atoms with E-state index in [0.717, 1.165) is 11.1 Å². The molecule has 0 bridgehead atoms. The van der Waals surface area contributed by atoms with Crippen LogP contribution in [0.3, 0.4) is 0 Å². The molecule has 1 aromatic heterocycles. The molecule has 0 saturated heterocycles. The highest BCUT2D eigenvalue weighted by Gasteiger charge is 2.28. The molecule has 0 unspecified atom stereocenters. The van der Waals surface area contributed by atoms with Crippen LogP contribution in [-0.2, 0) is 4.74 Å². The molecule has 0 spiro atoms. The first kappa shape index (κ1) is 19.4. The lowest BCUT2D eigenvalue weighted by Gasteiger charge is -2.14. The number of carboxylic acids is 1. The maximum absolute atomic E-state index is 12.1. The number of fused-ring (bicyclic) bond motifs is 3. The first-order valence-electron chi connectivity index (χ1n) is 9.59. The summed E-state index contributed by atoms with van der Waals surface area (Å²) in [5, 5.41) is 11.8. The first-order chi connectivity index (χ1) is 14.6. The van der Waals surface area contributed by atoms with Crippen molar-refractivity contribution in [3.63, 3.8) is 0 Å². The number of nitrogens with one attached hydrogen (secondary N) is 1. The van der Waals surface area contributed by atoms with Gasteiger partial charge in [-0.15, -0.1) is 0 Å². The molecular formula is C24H20N2O4. The van der Waals surface area contributed by atoms with Crippen LogP contribution in [0.5, 0.6) is 0 Å². The molecule has 2 N–H and O–H groups in total. The Morgan fingerprint density at radius 1 is 1.00 bits per heavy atom. The number of aromatic carboxylic acids is 1. The number of carbonyl (C=O) groups is 2. The fourth-order valence-corrected chi connectivity index (χ4v) is 3.69. The van der Waals surface area contributed by atoms with Gasteiger partial charge in [-0.3, -0.25) is 4.98 Å². The topological polar surface area (TPSA) is 88.5 Å². The predicted molar refractivity (Wildman–Crippen MR) is 113 cm³/mol. The van der Waals surface area contributed by atoms with Crippen LogP contribution in [0, 0.1) is 0 Å². The summed E-state index contributed by atoms with van der Waals surface area (Å²) in [5.74, 6) is -1.04. The van der Waals surface area contributed by atoms with Crippen molar-refractivity contribution in [3.05, 3.63) is 95.3 Å². The smallest absolute Gasteiger partial charge is 0.407 e. The largest absolute Gasteiger partial charge is 0.478 e. The first-order valence-corrected chi connectivity index (χ1v) is 9.59. The van der Waals surface area contributed by atoms with Gasteiger partial charge in [-0.25, -0.2) is 9.59 Å². The lowest BCUT2D eigenvalue weighted by Crippen LogP contribution is -2.26. The molecule has 6 nitrogen and oxygen atoms in total. The summed E-state index contributed by atoms with van der Waals surface area (Å²) in [4.78, 5) is 27.4. The Balaban J connectivity index is 1.34. The molecule has 4 rings (SSSR count). The number of ether oxygens (including phenoxy) is 1. The van der Waals surface area contributed by atoms with Crippen molar-refractivity contribution < 1.29 is 19.4 Å². The van der Waals surface area contributed by atoms with Crippen LogP contribution in [0.15, 0.2) is 72.9 Å². The van der Waals surface area contributed by atoms with E-state index < -0.39 is 12.1 Å². The van der Waals surface area contributed by atoms with Crippen molar-refractivity contribution in [1.29, 1.82) is 0 Å². The standard InChI is InChI=1S/C24H20N2O4/c27-23(28)20-11-5-13-25-22(20)12-6-14-26-24(29)30-15-21-18-9-3-1-7-16(18)17-8-2-4-10-19(17)21/h1-13,21H,14-15H2,(H,26,29)(H,27,28). The number of aromatic nitrogens is 1. The van der Waals surface area contributed by atoms with Gasteiger partial charge in [0.05, 0.1) is 11.3 Å². The zero-order valence-corrected chi connectivity index (χ0v) is 16.1. The van der Waals surface area contributed by atoms with Gasteiger partial charge in [0.15, 0.2) is 0 Å². The van der Waals surface area contributed by atoms with Crippen molar-refractivity contribution in [2.45, 2.75) is 5.92 Å². The third-order valence-corrected chi connectivity index (χ3v) is 5.05.